The normalized spacial score (nSPS) is 19.7. The van der Waals surface area contributed by atoms with Crippen molar-refractivity contribution in [2.45, 2.75) is 64.0 Å². The van der Waals surface area contributed by atoms with Crippen LogP contribution >= 0.6 is 23.2 Å². The molecule has 0 bridgehead atoms. The summed E-state index contributed by atoms with van der Waals surface area (Å²) in [5, 5.41) is 5.02. The lowest BCUT2D eigenvalue weighted by molar-refractivity contribution is 0.363. The van der Waals surface area contributed by atoms with Gasteiger partial charge in [-0.15, -0.1) is 0 Å². The molecule has 1 aromatic rings. The zero-order valence-corrected chi connectivity index (χ0v) is 13.1. The number of hydrogen-bond donors (Lipinski definition) is 1. The van der Waals surface area contributed by atoms with Crippen LogP contribution in [-0.2, 0) is 0 Å². The minimum Gasteiger partial charge on any atom is -0.307 e. The average Bonchev–Trinajstić information content (AvgIpc) is 2.35. The molecule has 1 nitrogen and oxygen atoms in total. The Bertz CT molecular complexity index is 398. The minimum absolute atomic E-state index is 0.333. The van der Waals surface area contributed by atoms with Crippen molar-refractivity contribution in [1.29, 1.82) is 0 Å². The van der Waals surface area contributed by atoms with Gasteiger partial charge in [0.2, 0.25) is 0 Å². The maximum Gasteiger partial charge on any atom is 0.0595 e. The molecule has 106 valence electrons. The van der Waals surface area contributed by atoms with E-state index in [1.165, 1.54) is 50.5 Å². The Morgan fingerprint density at radius 3 is 2.26 bits per heavy atom. The van der Waals surface area contributed by atoms with Crippen molar-refractivity contribution < 1.29 is 0 Å². The summed E-state index contributed by atoms with van der Waals surface area (Å²) in [6.07, 6.45) is 9.49. The number of nitrogens with one attached hydrogen (secondary N) is 1. The van der Waals surface area contributed by atoms with Gasteiger partial charge < -0.3 is 5.32 Å². The van der Waals surface area contributed by atoms with Gasteiger partial charge in [-0.05, 0) is 37.5 Å². The average molecular weight is 300 g/mol. The summed E-state index contributed by atoms with van der Waals surface area (Å²) in [6, 6.07) is 6.90. The third-order valence-corrected chi connectivity index (χ3v) is 4.77. The Hall–Kier alpha value is -0.240. The van der Waals surface area contributed by atoms with Crippen LogP contribution in [0, 0.1) is 0 Å². The molecular weight excluding hydrogens is 277 g/mol. The first-order chi connectivity index (χ1) is 9.16. The molecule has 0 aliphatic heterocycles. The van der Waals surface area contributed by atoms with Crippen LogP contribution < -0.4 is 5.32 Å². The number of rotatable bonds is 3. The Morgan fingerprint density at radius 1 is 1.00 bits per heavy atom. The molecule has 1 atom stereocenters. The van der Waals surface area contributed by atoms with Crippen molar-refractivity contribution in [2.24, 2.45) is 0 Å². The van der Waals surface area contributed by atoms with Crippen LogP contribution in [-0.4, -0.2) is 6.04 Å². The molecule has 19 heavy (non-hydrogen) atoms. The zero-order valence-electron chi connectivity index (χ0n) is 11.6. The molecule has 1 aliphatic rings. The number of hydrogen-bond acceptors (Lipinski definition) is 1. The molecule has 3 heteroatoms. The topological polar surface area (TPSA) is 12.0 Å². The Labute approximate surface area is 126 Å². The van der Waals surface area contributed by atoms with Gasteiger partial charge in [0.05, 0.1) is 10.0 Å². The molecule has 0 spiro atoms. The number of benzene rings is 1. The molecule has 1 aliphatic carbocycles. The predicted molar refractivity (Wildman–Crippen MR) is 84.1 cm³/mol. The molecule has 1 fully saturated rings. The Kier molecular flexibility index (Phi) is 6.00. The third-order valence-electron chi connectivity index (χ3n) is 4.03. The summed E-state index contributed by atoms with van der Waals surface area (Å²) >= 11 is 12.1. The van der Waals surface area contributed by atoms with Crippen LogP contribution in [0.4, 0.5) is 0 Å². The highest BCUT2D eigenvalue weighted by Gasteiger charge is 2.15. The van der Waals surface area contributed by atoms with E-state index in [9.17, 15) is 0 Å². The molecule has 1 N–H and O–H groups in total. The summed E-state index contributed by atoms with van der Waals surface area (Å²) in [5.74, 6) is 0. The highest BCUT2D eigenvalue weighted by Crippen LogP contribution is 2.26. The van der Waals surface area contributed by atoms with E-state index in [0.717, 1.165) is 0 Å². The molecule has 1 saturated carbocycles. The standard InChI is InChI=1S/C16H23Cl2N/c1-12(13-9-10-15(17)16(18)11-13)19-14-7-5-3-2-4-6-8-14/h9-12,14,19H,2-8H2,1H3. The van der Waals surface area contributed by atoms with Crippen molar-refractivity contribution in [3.63, 3.8) is 0 Å². The molecule has 0 radical (unpaired) electrons. The van der Waals surface area contributed by atoms with Crippen LogP contribution in [0.25, 0.3) is 0 Å². The maximum atomic E-state index is 6.09. The van der Waals surface area contributed by atoms with Gasteiger partial charge >= 0.3 is 0 Å². The first-order valence-corrected chi connectivity index (χ1v) is 8.13. The predicted octanol–water partition coefficient (Wildman–Crippen LogP) is 5.76. The van der Waals surface area contributed by atoms with Gasteiger partial charge in [0.25, 0.3) is 0 Å². The molecule has 0 saturated heterocycles. The lowest BCUT2D eigenvalue weighted by Gasteiger charge is -2.25. The van der Waals surface area contributed by atoms with Gasteiger partial charge in [-0.2, -0.15) is 0 Å². The molecule has 1 aromatic carbocycles. The van der Waals surface area contributed by atoms with Gasteiger partial charge in [0.15, 0.2) is 0 Å². The van der Waals surface area contributed by atoms with E-state index in [2.05, 4.69) is 18.3 Å². The first kappa shape index (κ1) is 15.2. The SMILES string of the molecule is CC(NC1CCCCCCC1)c1ccc(Cl)c(Cl)c1. The lowest BCUT2D eigenvalue weighted by Crippen LogP contribution is -2.32. The summed E-state index contributed by atoms with van der Waals surface area (Å²) in [5.41, 5.74) is 1.22. The van der Waals surface area contributed by atoms with E-state index in [4.69, 9.17) is 23.2 Å². The molecule has 1 unspecified atom stereocenters. The van der Waals surface area contributed by atoms with E-state index in [0.29, 0.717) is 22.1 Å². The Balaban J connectivity index is 1.94. The van der Waals surface area contributed by atoms with E-state index < -0.39 is 0 Å². The quantitative estimate of drug-likeness (QED) is 0.748. The molecule has 0 aromatic heterocycles. The fourth-order valence-corrected chi connectivity index (χ4v) is 3.16. The van der Waals surface area contributed by atoms with Crippen molar-refractivity contribution >= 4 is 23.2 Å². The largest absolute Gasteiger partial charge is 0.307 e. The first-order valence-electron chi connectivity index (χ1n) is 7.38. The highest BCUT2D eigenvalue weighted by atomic mass is 35.5. The second-order valence-electron chi connectivity index (χ2n) is 5.60. The second-order valence-corrected chi connectivity index (χ2v) is 6.42. The molecule has 0 amide bonds. The monoisotopic (exact) mass is 299 g/mol. The summed E-state index contributed by atoms with van der Waals surface area (Å²) in [4.78, 5) is 0. The van der Waals surface area contributed by atoms with Crippen LogP contribution in [0.1, 0.15) is 63.5 Å². The molecular formula is C16H23Cl2N. The summed E-state index contributed by atoms with van der Waals surface area (Å²) < 4.78 is 0. The highest BCUT2D eigenvalue weighted by molar-refractivity contribution is 6.42. The zero-order chi connectivity index (χ0) is 13.7. The van der Waals surface area contributed by atoms with Crippen LogP contribution in [0.2, 0.25) is 10.0 Å². The van der Waals surface area contributed by atoms with Gasteiger partial charge in [-0.25, -0.2) is 0 Å². The van der Waals surface area contributed by atoms with Crippen LogP contribution in [0.3, 0.4) is 0 Å². The van der Waals surface area contributed by atoms with Crippen molar-refractivity contribution in [2.75, 3.05) is 0 Å². The maximum absolute atomic E-state index is 6.09. The van der Waals surface area contributed by atoms with E-state index >= 15 is 0 Å². The van der Waals surface area contributed by atoms with E-state index in [1.807, 2.05) is 12.1 Å². The minimum atomic E-state index is 0.333. The fraction of sp³-hybridized carbons (Fsp3) is 0.625. The lowest BCUT2D eigenvalue weighted by atomic mass is 9.95. The fourth-order valence-electron chi connectivity index (χ4n) is 2.85. The smallest absolute Gasteiger partial charge is 0.0595 e. The second kappa shape index (κ2) is 7.52. The van der Waals surface area contributed by atoms with E-state index in [1.54, 1.807) is 0 Å². The van der Waals surface area contributed by atoms with Crippen molar-refractivity contribution in [3.8, 4) is 0 Å². The van der Waals surface area contributed by atoms with Gasteiger partial charge in [0, 0.05) is 12.1 Å². The van der Waals surface area contributed by atoms with Crippen LogP contribution in [0.5, 0.6) is 0 Å². The van der Waals surface area contributed by atoms with Crippen molar-refractivity contribution in [1.82, 2.24) is 5.32 Å². The van der Waals surface area contributed by atoms with Crippen LogP contribution in [0.15, 0.2) is 18.2 Å². The van der Waals surface area contributed by atoms with E-state index in [-0.39, 0.29) is 0 Å². The van der Waals surface area contributed by atoms with Gasteiger partial charge in [0.1, 0.15) is 0 Å². The summed E-state index contributed by atoms with van der Waals surface area (Å²) in [7, 11) is 0. The summed E-state index contributed by atoms with van der Waals surface area (Å²) in [6.45, 7) is 2.21. The Morgan fingerprint density at radius 2 is 1.63 bits per heavy atom. The van der Waals surface area contributed by atoms with Gasteiger partial charge in [-0.3, -0.25) is 0 Å². The third kappa shape index (κ3) is 4.66. The van der Waals surface area contributed by atoms with Crippen molar-refractivity contribution in [3.05, 3.63) is 33.8 Å². The number of halogens is 2. The molecule has 2 rings (SSSR count). The van der Waals surface area contributed by atoms with Gasteiger partial charge in [-0.1, -0.05) is 61.4 Å². The molecule has 0 heterocycles.